The van der Waals surface area contributed by atoms with Crippen molar-refractivity contribution < 1.29 is 0 Å². The average Bonchev–Trinajstić information content (AvgIpc) is 2.65. The topological polar surface area (TPSA) is 37.8 Å². The molecule has 0 radical (unpaired) electrons. The van der Waals surface area contributed by atoms with Gasteiger partial charge in [0.25, 0.3) is 0 Å². The molecule has 3 nitrogen and oxygen atoms in total. The number of nitrogens with zero attached hydrogens (tertiary/aromatic N) is 2. The van der Waals surface area contributed by atoms with Crippen LogP contribution in [-0.2, 0) is 0 Å². The molecule has 0 aliphatic rings. The molecule has 2 atom stereocenters. The van der Waals surface area contributed by atoms with E-state index in [1.54, 1.807) is 0 Å². The molecule has 0 saturated heterocycles. The smallest absolute Gasteiger partial charge is 0.0927 e. The van der Waals surface area contributed by atoms with Crippen LogP contribution in [0.1, 0.15) is 38.9 Å². The van der Waals surface area contributed by atoms with Crippen molar-refractivity contribution >= 4 is 11.5 Å². The molecule has 0 aliphatic heterocycles. The van der Waals surface area contributed by atoms with Gasteiger partial charge in [-0.2, -0.15) is 0 Å². The normalized spacial score (nSPS) is 15.6. The van der Waals surface area contributed by atoms with E-state index in [1.165, 1.54) is 11.5 Å². The summed E-state index contributed by atoms with van der Waals surface area (Å²) in [6.45, 7) is 7.54. The lowest BCUT2D eigenvalue weighted by atomic mass is 9.97. The number of hydrogen-bond acceptors (Lipinski definition) is 4. The van der Waals surface area contributed by atoms with Gasteiger partial charge in [-0.3, -0.25) is 0 Å². The quantitative estimate of drug-likeness (QED) is 0.790. The van der Waals surface area contributed by atoms with E-state index in [-0.39, 0.29) is 0 Å². The minimum atomic E-state index is 0.369. The molecule has 0 amide bonds. The van der Waals surface area contributed by atoms with E-state index in [2.05, 4.69) is 35.7 Å². The van der Waals surface area contributed by atoms with Crippen LogP contribution in [0.3, 0.4) is 0 Å². The summed E-state index contributed by atoms with van der Waals surface area (Å²) in [7, 11) is 0. The van der Waals surface area contributed by atoms with Crippen LogP contribution in [0.2, 0.25) is 0 Å². The van der Waals surface area contributed by atoms with E-state index in [0.29, 0.717) is 12.0 Å². The molecule has 2 unspecified atom stereocenters. The van der Waals surface area contributed by atoms with Crippen molar-refractivity contribution in [3.05, 3.63) is 11.1 Å². The van der Waals surface area contributed by atoms with Crippen LogP contribution < -0.4 is 5.32 Å². The first-order chi connectivity index (χ1) is 6.29. The van der Waals surface area contributed by atoms with E-state index in [4.69, 9.17) is 0 Å². The Balaban J connectivity index is 2.68. The monoisotopic (exact) mass is 199 g/mol. The zero-order valence-corrected chi connectivity index (χ0v) is 9.27. The zero-order chi connectivity index (χ0) is 9.68. The van der Waals surface area contributed by atoms with Crippen molar-refractivity contribution in [1.29, 1.82) is 0 Å². The summed E-state index contributed by atoms with van der Waals surface area (Å²) in [6, 6.07) is 0.369. The molecule has 1 N–H and O–H groups in total. The minimum absolute atomic E-state index is 0.369. The summed E-state index contributed by atoms with van der Waals surface area (Å²) >= 11 is 1.42. The molecular formula is C9H17N3S. The summed E-state index contributed by atoms with van der Waals surface area (Å²) in [5.41, 5.74) is 1.08. The molecule has 0 aliphatic carbocycles. The van der Waals surface area contributed by atoms with Crippen molar-refractivity contribution in [2.45, 2.75) is 33.2 Å². The largest absolute Gasteiger partial charge is 0.309 e. The lowest BCUT2D eigenvalue weighted by Crippen LogP contribution is -2.26. The Bertz CT molecular complexity index is 223. The molecule has 4 heteroatoms. The lowest BCUT2D eigenvalue weighted by Gasteiger charge is -2.21. The maximum absolute atomic E-state index is 4.11. The molecule has 13 heavy (non-hydrogen) atoms. The highest BCUT2D eigenvalue weighted by Crippen LogP contribution is 2.22. The van der Waals surface area contributed by atoms with E-state index in [1.807, 2.05) is 5.38 Å². The fourth-order valence-electron chi connectivity index (χ4n) is 1.36. The molecule has 1 heterocycles. The first-order valence-corrected chi connectivity index (χ1v) is 5.63. The fraction of sp³-hybridized carbons (Fsp3) is 0.778. The molecule has 0 bridgehead atoms. The maximum Gasteiger partial charge on any atom is 0.0927 e. The van der Waals surface area contributed by atoms with Crippen molar-refractivity contribution in [2.75, 3.05) is 6.54 Å². The van der Waals surface area contributed by atoms with Crippen molar-refractivity contribution in [3.63, 3.8) is 0 Å². The SMILES string of the molecule is CCNC(c1csnn1)C(C)CC. The summed E-state index contributed by atoms with van der Waals surface area (Å²) in [5.74, 6) is 0.615. The van der Waals surface area contributed by atoms with Crippen molar-refractivity contribution in [2.24, 2.45) is 5.92 Å². The van der Waals surface area contributed by atoms with Gasteiger partial charge in [0.05, 0.1) is 11.7 Å². The van der Waals surface area contributed by atoms with Gasteiger partial charge in [0.2, 0.25) is 0 Å². The standard InChI is InChI=1S/C9H17N3S/c1-4-7(3)9(10-5-2)8-6-13-12-11-8/h6-7,9-10H,4-5H2,1-3H3. The average molecular weight is 199 g/mol. The zero-order valence-electron chi connectivity index (χ0n) is 8.45. The first-order valence-electron chi connectivity index (χ1n) is 4.79. The Morgan fingerprint density at radius 3 is 2.77 bits per heavy atom. The van der Waals surface area contributed by atoms with Gasteiger partial charge in [-0.1, -0.05) is 31.7 Å². The molecular weight excluding hydrogens is 182 g/mol. The summed E-state index contributed by atoms with van der Waals surface area (Å²) in [5, 5.41) is 9.58. The summed E-state index contributed by atoms with van der Waals surface area (Å²) in [6.07, 6.45) is 1.16. The van der Waals surface area contributed by atoms with Crippen LogP contribution in [0, 0.1) is 5.92 Å². The Labute approximate surface area is 83.7 Å². The van der Waals surface area contributed by atoms with Crippen LogP contribution >= 0.6 is 11.5 Å². The van der Waals surface area contributed by atoms with Crippen molar-refractivity contribution in [1.82, 2.24) is 14.9 Å². The molecule has 0 fully saturated rings. The summed E-state index contributed by atoms with van der Waals surface area (Å²) < 4.78 is 3.89. The van der Waals surface area contributed by atoms with E-state index in [9.17, 15) is 0 Å². The lowest BCUT2D eigenvalue weighted by molar-refractivity contribution is 0.376. The molecule has 1 rings (SSSR count). The Morgan fingerprint density at radius 2 is 2.31 bits per heavy atom. The molecule has 1 aromatic heterocycles. The Morgan fingerprint density at radius 1 is 1.54 bits per heavy atom. The second kappa shape index (κ2) is 5.29. The minimum Gasteiger partial charge on any atom is -0.309 e. The third-order valence-electron chi connectivity index (χ3n) is 2.33. The van der Waals surface area contributed by atoms with E-state index < -0.39 is 0 Å². The molecule has 74 valence electrons. The predicted molar refractivity (Wildman–Crippen MR) is 55.8 cm³/mol. The Kier molecular flexibility index (Phi) is 4.32. The van der Waals surface area contributed by atoms with Crippen LogP contribution in [-0.4, -0.2) is 16.1 Å². The van der Waals surface area contributed by atoms with Crippen LogP contribution in [0.15, 0.2) is 5.38 Å². The van der Waals surface area contributed by atoms with E-state index >= 15 is 0 Å². The van der Waals surface area contributed by atoms with Gasteiger partial charge >= 0.3 is 0 Å². The van der Waals surface area contributed by atoms with Gasteiger partial charge in [0.15, 0.2) is 0 Å². The predicted octanol–water partition coefficient (Wildman–Crippen LogP) is 2.23. The molecule has 0 aromatic carbocycles. The van der Waals surface area contributed by atoms with Gasteiger partial charge in [-0.25, -0.2) is 0 Å². The van der Waals surface area contributed by atoms with Gasteiger partial charge in [0, 0.05) is 5.38 Å². The fourth-order valence-corrected chi connectivity index (χ4v) is 1.85. The number of hydrogen-bond donors (Lipinski definition) is 1. The van der Waals surface area contributed by atoms with Gasteiger partial charge in [0.1, 0.15) is 0 Å². The molecule has 0 spiro atoms. The first kappa shape index (κ1) is 10.6. The molecule has 1 aromatic rings. The number of nitrogens with one attached hydrogen (secondary N) is 1. The Hall–Kier alpha value is -0.480. The molecule has 0 saturated carbocycles. The highest BCUT2D eigenvalue weighted by Gasteiger charge is 2.18. The van der Waals surface area contributed by atoms with Crippen LogP contribution in [0.5, 0.6) is 0 Å². The second-order valence-electron chi connectivity index (χ2n) is 3.25. The number of aromatic nitrogens is 2. The van der Waals surface area contributed by atoms with Crippen LogP contribution in [0.4, 0.5) is 0 Å². The highest BCUT2D eigenvalue weighted by molar-refractivity contribution is 7.03. The van der Waals surface area contributed by atoms with Crippen LogP contribution in [0.25, 0.3) is 0 Å². The maximum atomic E-state index is 4.11. The van der Waals surface area contributed by atoms with Crippen molar-refractivity contribution in [3.8, 4) is 0 Å². The second-order valence-corrected chi connectivity index (χ2v) is 3.86. The van der Waals surface area contributed by atoms with Gasteiger partial charge in [-0.05, 0) is 24.0 Å². The van der Waals surface area contributed by atoms with Gasteiger partial charge < -0.3 is 5.32 Å². The third-order valence-corrected chi connectivity index (χ3v) is 2.86. The highest BCUT2D eigenvalue weighted by atomic mass is 32.1. The van der Waals surface area contributed by atoms with Gasteiger partial charge in [-0.15, -0.1) is 5.10 Å². The van der Waals surface area contributed by atoms with E-state index in [0.717, 1.165) is 18.7 Å². The number of rotatable bonds is 5. The third kappa shape index (κ3) is 2.74. The summed E-state index contributed by atoms with van der Waals surface area (Å²) in [4.78, 5) is 0.